The maximum absolute atomic E-state index is 5.59. The van der Waals surface area contributed by atoms with Gasteiger partial charge in [0.15, 0.2) is 5.82 Å². The van der Waals surface area contributed by atoms with Crippen molar-refractivity contribution in [1.82, 2.24) is 19.9 Å². The van der Waals surface area contributed by atoms with E-state index in [9.17, 15) is 0 Å². The highest BCUT2D eigenvalue weighted by Gasteiger charge is 2.24. The summed E-state index contributed by atoms with van der Waals surface area (Å²) in [5, 5.41) is 4.28. The first kappa shape index (κ1) is 21.5. The molecule has 0 unspecified atom stereocenters. The van der Waals surface area contributed by atoms with E-state index in [1.54, 1.807) is 0 Å². The fraction of sp³-hybridized carbons (Fsp3) is 0.680. The molecule has 0 spiro atoms. The molecule has 2 aliphatic rings. The van der Waals surface area contributed by atoms with E-state index in [2.05, 4.69) is 53.1 Å². The van der Waals surface area contributed by atoms with Gasteiger partial charge in [0, 0.05) is 24.6 Å². The molecule has 4 rings (SSSR count). The molecule has 2 saturated heterocycles. The summed E-state index contributed by atoms with van der Waals surface area (Å²) in [6.45, 7) is 10.5. The third kappa shape index (κ3) is 5.50. The van der Waals surface area contributed by atoms with Crippen LogP contribution >= 0.6 is 0 Å². The minimum Gasteiger partial charge on any atom is -0.334 e. The molecule has 2 fully saturated rings. The van der Waals surface area contributed by atoms with Gasteiger partial charge in [-0.05, 0) is 88.3 Å². The number of nitrogens with zero attached hydrogens (tertiary/aromatic N) is 4. The molecule has 0 bridgehead atoms. The lowest BCUT2D eigenvalue weighted by Gasteiger charge is -2.36. The largest absolute Gasteiger partial charge is 0.334 e. The van der Waals surface area contributed by atoms with Crippen LogP contribution in [0.15, 0.2) is 28.8 Å². The van der Waals surface area contributed by atoms with Crippen molar-refractivity contribution in [2.75, 3.05) is 26.2 Å². The number of rotatable bonds is 8. The number of hydrogen-bond acceptors (Lipinski definition) is 5. The Morgan fingerprint density at radius 3 is 2.33 bits per heavy atom. The quantitative estimate of drug-likeness (QED) is 0.601. The fourth-order valence-corrected chi connectivity index (χ4v) is 5.17. The van der Waals surface area contributed by atoms with Gasteiger partial charge in [-0.3, -0.25) is 4.90 Å². The normalized spacial score (nSPS) is 19.6. The Kier molecular flexibility index (Phi) is 7.56. The summed E-state index contributed by atoms with van der Waals surface area (Å²) >= 11 is 0. The SMILES string of the molecule is CCC(CC)N1CCC(Cc2noc(-c3ccc(CN4CCCCC4)cc3)n2)CC1. The molecule has 1 aromatic heterocycles. The van der Waals surface area contributed by atoms with Crippen LogP contribution in [0.25, 0.3) is 11.5 Å². The Labute approximate surface area is 181 Å². The zero-order valence-corrected chi connectivity index (χ0v) is 18.9. The predicted octanol–water partition coefficient (Wildman–Crippen LogP) is 5.17. The van der Waals surface area contributed by atoms with Gasteiger partial charge in [-0.2, -0.15) is 4.98 Å². The molecule has 2 aliphatic heterocycles. The fourth-order valence-electron chi connectivity index (χ4n) is 5.17. The molecule has 1 aromatic carbocycles. The summed E-state index contributed by atoms with van der Waals surface area (Å²) in [6, 6.07) is 9.43. The highest BCUT2D eigenvalue weighted by Crippen LogP contribution is 2.25. The van der Waals surface area contributed by atoms with Gasteiger partial charge in [-0.15, -0.1) is 0 Å². The predicted molar refractivity (Wildman–Crippen MR) is 121 cm³/mol. The number of benzene rings is 1. The molecular formula is C25H38N4O. The van der Waals surface area contributed by atoms with Crippen molar-refractivity contribution in [3.8, 4) is 11.5 Å². The lowest BCUT2D eigenvalue weighted by molar-refractivity contribution is 0.125. The van der Waals surface area contributed by atoms with E-state index in [4.69, 9.17) is 9.51 Å². The minimum absolute atomic E-state index is 0.656. The van der Waals surface area contributed by atoms with E-state index in [1.807, 2.05) is 0 Å². The van der Waals surface area contributed by atoms with Crippen molar-refractivity contribution in [3.05, 3.63) is 35.7 Å². The molecule has 0 N–H and O–H groups in total. The van der Waals surface area contributed by atoms with Gasteiger partial charge in [0.05, 0.1) is 0 Å². The molecule has 0 saturated carbocycles. The second kappa shape index (κ2) is 10.5. The summed E-state index contributed by atoms with van der Waals surface area (Å²) < 4.78 is 5.59. The number of piperidine rings is 2. The third-order valence-electron chi connectivity index (χ3n) is 7.10. The van der Waals surface area contributed by atoms with Crippen molar-refractivity contribution in [2.45, 2.75) is 77.8 Å². The summed E-state index contributed by atoms with van der Waals surface area (Å²) in [5.74, 6) is 2.19. The van der Waals surface area contributed by atoms with Gasteiger partial charge in [0.1, 0.15) is 0 Å². The first-order valence-corrected chi connectivity index (χ1v) is 12.1. The first-order valence-electron chi connectivity index (χ1n) is 12.1. The molecule has 5 nitrogen and oxygen atoms in total. The Hall–Kier alpha value is -1.72. The summed E-state index contributed by atoms with van der Waals surface area (Å²) in [4.78, 5) is 9.93. The van der Waals surface area contributed by atoms with Crippen LogP contribution in [-0.2, 0) is 13.0 Å². The lowest BCUT2D eigenvalue weighted by atomic mass is 9.92. The van der Waals surface area contributed by atoms with Crippen LogP contribution in [0, 0.1) is 5.92 Å². The average Bonchev–Trinajstić information content (AvgIpc) is 3.25. The van der Waals surface area contributed by atoms with Gasteiger partial charge in [0.2, 0.25) is 0 Å². The van der Waals surface area contributed by atoms with Crippen molar-refractivity contribution in [1.29, 1.82) is 0 Å². The maximum atomic E-state index is 5.59. The Morgan fingerprint density at radius 1 is 0.967 bits per heavy atom. The van der Waals surface area contributed by atoms with E-state index in [0.29, 0.717) is 11.8 Å². The monoisotopic (exact) mass is 410 g/mol. The Bertz CT molecular complexity index is 754. The molecule has 0 amide bonds. The van der Waals surface area contributed by atoms with E-state index < -0.39 is 0 Å². The molecule has 0 atom stereocenters. The molecule has 3 heterocycles. The number of likely N-dealkylation sites (tertiary alicyclic amines) is 2. The van der Waals surface area contributed by atoms with E-state index in [-0.39, 0.29) is 0 Å². The lowest BCUT2D eigenvalue weighted by Crippen LogP contribution is -2.41. The first-order chi connectivity index (χ1) is 14.7. The van der Waals surface area contributed by atoms with Gasteiger partial charge in [-0.1, -0.05) is 37.6 Å². The summed E-state index contributed by atoms with van der Waals surface area (Å²) in [7, 11) is 0. The second-order valence-electron chi connectivity index (χ2n) is 9.20. The summed E-state index contributed by atoms with van der Waals surface area (Å²) in [5.41, 5.74) is 2.39. The van der Waals surface area contributed by atoms with Crippen molar-refractivity contribution >= 4 is 0 Å². The van der Waals surface area contributed by atoms with Gasteiger partial charge in [0.25, 0.3) is 5.89 Å². The Balaban J connectivity index is 1.29. The molecule has 5 heteroatoms. The van der Waals surface area contributed by atoms with Crippen molar-refractivity contribution in [3.63, 3.8) is 0 Å². The average molecular weight is 411 g/mol. The zero-order chi connectivity index (χ0) is 20.8. The molecule has 2 aromatic rings. The molecule has 164 valence electrons. The van der Waals surface area contributed by atoms with Crippen LogP contribution in [0.2, 0.25) is 0 Å². The van der Waals surface area contributed by atoms with Crippen LogP contribution in [0.3, 0.4) is 0 Å². The molecular weight excluding hydrogens is 372 g/mol. The van der Waals surface area contributed by atoms with Crippen LogP contribution < -0.4 is 0 Å². The Morgan fingerprint density at radius 2 is 1.67 bits per heavy atom. The minimum atomic E-state index is 0.656. The maximum Gasteiger partial charge on any atom is 0.257 e. The second-order valence-corrected chi connectivity index (χ2v) is 9.20. The molecule has 0 radical (unpaired) electrons. The summed E-state index contributed by atoms with van der Waals surface area (Å²) in [6.07, 6.45) is 9.98. The van der Waals surface area contributed by atoms with E-state index in [0.717, 1.165) is 30.4 Å². The smallest absolute Gasteiger partial charge is 0.257 e. The molecule has 30 heavy (non-hydrogen) atoms. The van der Waals surface area contributed by atoms with Crippen LogP contribution in [0.5, 0.6) is 0 Å². The van der Waals surface area contributed by atoms with E-state index in [1.165, 1.54) is 76.7 Å². The van der Waals surface area contributed by atoms with Crippen LogP contribution in [0.4, 0.5) is 0 Å². The van der Waals surface area contributed by atoms with Crippen LogP contribution in [0.1, 0.15) is 70.2 Å². The third-order valence-corrected chi connectivity index (χ3v) is 7.10. The number of aromatic nitrogens is 2. The van der Waals surface area contributed by atoms with Crippen LogP contribution in [-0.4, -0.2) is 52.2 Å². The topological polar surface area (TPSA) is 45.4 Å². The number of hydrogen-bond donors (Lipinski definition) is 0. The molecule has 0 aliphatic carbocycles. The highest BCUT2D eigenvalue weighted by atomic mass is 16.5. The van der Waals surface area contributed by atoms with Crippen molar-refractivity contribution < 1.29 is 4.52 Å². The van der Waals surface area contributed by atoms with E-state index >= 15 is 0 Å². The van der Waals surface area contributed by atoms with Gasteiger partial charge >= 0.3 is 0 Å². The van der Waals surface area contributed by atoms with Gasteiger partial charge < -0.3 is 9.42 Å². The highest BCUT2D eigenvalue weighted by molar-refractivity contribution is 5.53. The zero-order valence-electron chi connectivity index (χ0n) is 18.9. The van der Waals surface area contributed by atoms with Crippen molar-refractivity contribution in [2.24, 2.45) is 5.92 Å². The standard InChI is InChI=1S/C25H38N4O/c1-3-23(4-2)29-16-12-20(13-17-29)18-24-26-25(30-27-24)22-10-8-21(9-11-22)19-28-14-6-5-7-15-28/h8-11,20,23H,3-7,12-19H2,1-2H3. The van der Waals surface area contributed by atoms with Gasteiger partial charge in [-0.25, -0.2) is 0 Å².